The molecule has 92 valence electrons. The highest BCUT2D eigenvalue weighted by Gasteiger charge is 2.49. The van der Waals surface area contributed by atoms with Crippen molar-refractivity contribution in [1.82, 2.24) is 0 Å². The number of hydrogen-bond acceptors (Lipinski definition) is 2. The molecule has 4 heteroatoms. The molecule has 0 saturated heterocycles. The number of carbonyl (C=O) groups is 2. The van der Waals surface area contributed by atoms with E-state index in [0.29, 0.717) is 17.3 Å². The molecule has 1 atom stereocenters. The second-order valence-corrected chi connectivity index (χ2v) is 5.62. The Labute approximate surface area is 114 Å². The van der Waals surface area contributed by atoms with Gasteiger partial charge < -0.3 is 4.90 Å². The number of rotatable bonds is 0. The summed E-state index contributed by atoms with van der Waals surface area (Å²) in [7, 11) is 1.79. The minimum atomic E-state index is -0.655. The number of Topliss-reactive ketones (excluding diaryl/α,β-unsaturated/α-hetero) is 1. The smallest absolute Gasteiger partial charge is 0.241 e. The number of allylic oxidation sites excluding steroid dienone is 1. The third-order valence-electron chi connectivity index (χ3n) is 3.82. The van der Waals surface area contributed by atoms with Crippen molar-refractivity contribution in [3.63, 3.8) is 0 Å². The number of para-hydroxylation sites is 1. The van der Waals surface area contributed by atoms with E-state index in [-0.39, 0.29) is 11.7 Å². The summed E-state index contributed by atoms with van der Waals surface area (Å²) in [4.78, 5) is 25.8. The number of likely N-dealkylation sites (N-methyl/N-ethyl adjacent to an activating group) is 1. The lowest BCUT2D eigenvalue weighted by Crippen LogP contribution is -2.39. The Morgan fingerprint density at radius 1 is 1.28 bits per heavy atom. The Morgan fingerprint density at radius 2 is 2.00 bits per heavy atom. The molecule has 2 aliphatic rings. The third kappa shape index (κ3) is 1.35. The van der Waals surface area contributed by atoms with Crippen molar-refractivity contribution in [3.05, 3.63) is 40.4 Å². The lowest BCUT2D eigenvalue weighted by atomic mass is 9.74. The van der Waals surface area contributed by atoms with Crippen LogP contribution >= 0.6 is 15.9 Å². The van der Waals surface area contributed by atoms with Gasteiger partial charge in [0.15, 0.2) is 5.78 Å². The van der Waals surface area contributed by atoms with Gasteiger partial charge in [0, 0.05) is 19.2 Å². The van der Waals surface area contributed by atoms with Gasteiger partial charge in [0.2, 0.25) is 5.91 Å². The molecule has 1 aromatic carbocycles. The molecule has 0 radical (unpaired) electrons. The third-order valence-corrected chi connectivity index (χ3v) is 4.49. The van der Waals surface area contributed by atoms with Crippen molar-refractivity contribution >= 4 is 33.3 Å². The van der Waals surface area contributed by atoms with E-state index in [1.165, 1.54) is 0 Å². The molecular weight excluding hydrogens is 294 g/mol. The molecule has 18 heavy (non-hydrogen) atoms. The van der Waals surface area contributed by atoms with Gasteiger partial charge in [-0.3, -0.25) is 9.59 Å². The van der Waals surface area contributed by atoms with Crippen molar-refractivity contribution in [2.75, 3.05) is 11.9 Å². The van der Waals surface area contributed by atoms with Crippen LogP contribution in [0.5, 0.6) is 0 Å². The average Bonchev–Trinajstić information content (AvgIpc) is 2.58. The molecule has 1 amide bonds. The number of nitrogens with zero attached hydrogens (tertiary/aromatic N) is 1. The number of carbonyl (C=O) groups excluding carboxylic acids is 2. The van der Waals surface area contributed by atoms with Gasteiger partial charge in [0.05, 0.1) is 9.90 Å². The summed E-state index contributed by atoms with van der Waals surface area (Å²) in [5, 5.41) is 0. The predicted octanol–water partition coefficient (Wildman–Crippen LogP) is 2.54. The molecule has 3 rings (SSSR count). The molecule has 0 aromatic heterocycles. The average molecular weight is 306 g/mol. The van der Waals surface area contributed by atoms with Crippen molar-refractivity contribution < 1.29 is 9.59 Å². The molecule has 0 saturated carbocycles. The number of anilines is 1. The van der Waals surface area contributed by atoms with E-state index in [4.69, 9.17) is 0 Å². The van der Waals surface area contributed by atoms with Crippen molar-refractivity contribution in [2.45, 2.75) is 18.3 Å². The Hall–Kier alpha value is -1.42. The first-order chi connectivity index (χ1) is 8.56. The van der Waals surface area contributed by atoms with Crippen LogP contribution in [-0.4, -0.2) is 18.7 Å². The van der Waals surface area contributed by atoms with Crippen LogP contribution in [-0.2, 0) is 15.0 Å². The van der Waals surface area contributed by atoms with Gasteiger partial charge in [0.25, 0.3) is 0 Å². The van der Waals surface area contributed by atoms with E-state index in [2.05, 4.69) is 15.9 Å². The number of benzene rings is 1. The number of hydrogen-bond donors (Lipinski definition) is 0. The number of halogens is 1. The zero-order valence-electron chi connectivity index (χ0n) is 9.94. The standard InChI is InChI=1S/C14H12BrNO2/c1-16-11-5-3-2-4-9(11)14(13(16)18)7-6-12(17)10(15)8-14/h2-5,8H,6-7H2,1H3/t14-/m0/s1. The first kappa shape index (κ1) is 11.7. The van der Waals surface area contributed by atoms with E-state index in [1.807, 2.05) is 24.3 Å². The van der Waals surface area contributed by atoms with Crippen molar-refractivity contribution in [2.24, 2.45) is 0 Å². The minimum Gasteiger partial charge on any atom is -0.314 e. The zero-order valence-corrected chi connectivity index (χ0v) is 11.5. The normalized spacial score (nSPS) is 26.6. The van der Waals surface area contributed by atoms with Crippen LogP contribution in [0.1, 0.15) is 18.4 Å². The fraction of sp³-hybridized carbons (Fsp3) is 0.286. The first-order valence-corrected chi connectivity index (χ1v) is 6.65. The summed E-state index contributed by atoms with van der Waals surface area (Å²) in [5.74, 6) is 0.119. The van der Waals surface area contributed by atoms with E-state index in [9.17, 15) is 9.59 Å². The summed E-state index contributed by atoms with van der Waals surface area (Å²) < 4.78 is 0.521. The fourth-order valence-electron chi connectivity index (χ4n) is 2.85. The summed E-state index contributed by atoms with van der Waals surface area (Å²) in [6, 6.07) is 7.78. The van der Waals surface area contributed by atoms with Crippen molar-refractivity contribution in [3.8, 4) is 0 Å². The quantitative estimate of drug-likeness (QED) is 0.739. The van der Waals surface area contributed by atoms with Crippen molar-refractivity contribution in [1.29, 1.82) is 0 Å². The van der Waals surface area contributed by atoms with Gasteiger partial charge in [-0.25, -0.2) is 0 Å². The van der Waals surface area contributed by atoms with Gasteiger partial charge in [0.1, 0.15) is 0 Å². The molecule has 1 aliphatic heterocycles. The number of fused-ring (bicyclic) bond motifs is 2. The van der Waals surface area contributed by atoms with Crippen LogP contribution in [0, 0.1) is 0 Å². The van der Waals surface area contributed by atoms with Gasteiger partial charge in [-0.2, -0.15) is 0 Å². The molecule has 0 N–H and O–H groups in total. The van der Waals surface area contributed by atoms with Crippen LogP contribution in [0.25, 0.3) is 0 Å². The first-order valence-electron chi connectivity index (χ1n) is 5.85. The van der Waals surface area contributed by atoms with Crippen LogP contribution in [0.15, 0.2) is 34.8 Å². The maximum absolute atomic E-state index is 12.5. The second-order valence-electron chi connectivity index (χ2n) is 4.77. The summed E-state index contributed by atoms with van der Waals surface area (Å²) in [5.41, 5.74) is 1.29. The van der Waals surface area contributed by atoms with Crippen LogP contribution in [0.3, 0.4) is 0 Å². The monoisotopic (exact) mass is 305 g/mol. The van der Waals surface area contributed by atoms with Crippen LogP contribution < -0.4 is 4.90 Å². The zero-order chi connectivity index (χ0) is 12.9. The number of amides is 1. The molecule has 0 fully saturated rings. The highest BCUT2D eigenvalue weighted by atomic mass is 79.9. The largest absolute Gasteiger partial charge is 0.314 e. The second kappa shape index (κ2) is 3.79. The summed E-state index contributed by atoms with van der Waals surface area (Å²) in [6.07, 6.45) is 2.75. The Kier molecular flexibility index (Phi) is 2.45. The minimum absolute atomic E-state index is 0.0492. The van der Waals surface area contributed by atoms with Crippen LogP contribution in [0.4, 0.5) is 5.69 Å². The number of ketones is 1. The predicted molar refractivity (Wildman–Crippen MR) is 72.8 cm³/mol. The molecule has 0 unspecified atom stereocenters. The van der Waals surface area contributed by atoms with Gasteiger partial charge in [-0.1, -0.05) is 18.2 Å². The van der Waals surface area contributed by atoms with Gasteiger partial charge >= 0.3 is 0 Å². The van der Waals surface area contributed by atoms with Gasteiger partial charge in [-0.15, -0.1) is 0 Å². The Balaban J connectivity index is 2.25. The highest BCUT2D eigenvalue weighted by Crippen LogP contribution is 2.48. The van der Waals surface area contributed by atoms with E-state index in [1.54, 1.807) is 18.0 Å². The lowest BCUT2D eigenvalue weighted by Gasteiger charge is -2.28. The van der Waals surface area contributed by atoms with Gasteiger partial charge in [-0.05, 0) is 40.1 Å². The summed E-state index contributed by atoms with van der Waals surface area (Å²) in [6.45, 7) is 0. The Bertz CT molecular complexity index is 593. The Morgan fingerprint density at radius 3 is 2.72 bits per heavy atom. The molecule has 1 heterocycles. The molecule has 1 aromatic rings. The molecule has 3 nitrogen and oxygen atoms in total. The van der Waals surface area contributed by atoms with E-state index < -0.39 is 5.41 Å². The fourth-order valence-corrected chi connectivity index (χ4v) is 3.44. The lowest BCUT2D eigenvalue weighted by molar-refractivity contribution is -0.122. The van der Waals surface area contributed by atoms with E-state index in [0.717, 1.165) is 11.3 Å². The maximum atomic E-state index is 12.5. The molecule has 1 spiro atoms. The molecule has 0 bridgehead atoms. The topological polar surface area (TPSA) is 37.4 Å². The molecular formula is C14H12BrNO2. The van der Waals surface area contributed by atoms with Crippen LogP contribution in [0.2, 0.25) is 0 Å². The SMILES string of the molecule is CN1C(=O)[C@@]2(C=C(Br)C(=O)CC2)c2ccccc21. The molecule has 1 aliphatic carbocycles. The maximum Gasteiger partial charge on any atom is 0.241 e. The summed E-state index contributed by atoms with van der Waals surface area (Å²) >= 11 is 3.28. The highest BCUT2D eigenvalue weighted by molar-refractivity contribution is 9.12. The van der Waals surface area contributed by atoms with E-state index >= 15 is 0 Å².